The van der Waals surface area contributed by atoms with Crippen LogP contribution in [0.25, 0.3) is 0 Å². The normalized spacial score (nSPS) is 10.8. The minimum absolute atomic E-state index is 0.0142. The molecule has 7 nitrogen and oxygen atoms in total. The zero-order valence-corrected chi connectivity index (χ0v) is 13.9. The molecule has 0 aromatic heterocycles. The molecule has 0 radical (unpaired) electrons. The van der Waals surface area contributed by atoms with E-state index in [9.17, 15) is 4.79 Å². The van der Waals surface area contributed by atoms with Crippen LogP contribution in [0.3, 0.4) is 0 Å². The zero-order valence-electron chi connectivity index (χ0n) is 13.9. The Labute approximate surface area is 133 Å². The number of hydrogen-bond acceptors (Lipinski definition) is 6. The van der Waals surface area contributed by atoms with Gasteiger partial charge in [-0.05, 0) is 13.8 Å². The molecule has 0 heterocycles. The first kappa shape index (κ1) is 21.3. The van der Waals surface area contributed by atoms with E-state index in [4.69, 9.17) is 23.7 Å². The highest BCUT2D eigenvalue weighted by Crippen LogP contribution is 1.86. The summed E-state index contributed by atoms with van der Waals surface area (Å²) in [6.07, 6.45) is 0.389. The van der Waals surface area contributed by atoms with Gasteiger partial charge < -0.3 is 29.0 Å². The van der Waals surface area contributed by atoms with Gasteiger partial charge in [0.15, 0.2) is 0 Å². The summed E-state index contributed by atoms with van der Waals surface area (Å²) in [7, 11) is 0. The third-order valence-corrected chi connectivity index (χ3v) is 2.54. The van der Waals surface area contributed by atoms with Gasteiger partial charge in [0.05, 0.1) is 59.5 Å². The summed E-state index contributed by atoms with van der Waals surface area (Å²) in [5, 5.41) is 2.71. The molecule has 132 valence electrons. The van der Waals surface area contributed by atoms with Crippen LogP contribution in [0.15, 0.2) is 0 Å². The van der Waals surface area contributed by atoms with E-state index in [-0.39, 0.29) is 5.91 Å². The Morgan fingerprint density at radius 3 is 1.50 bits per heavy atom. The van der Waals surface area contributed by atoms with Gasteiger partial charge in [-0.2, -0.15) is 0 Å². The van der Waals surface area contributed by atoms with E-state index in [1.807, 2.05) is 13.8 Å². The second kappa shape index (κ2) is 18.3. The summed E-state index contributed by atoms with van der Waals surface area (Å²) >= 11 is 0. The maximum atomic E-state index is 11.1. The highest BCUT2D eigenvalue weighted by Gasteiger charge is 1.98. The maximum Gasteiger partial charge on any atom is 0.222 e. The molecule has 0 rings (SSSR count). The van der Waals surface area contributed by atoms with Crippen molar-refractivity contribution < 1.29 is 28.5 Å². The van der Waals surface area contributed by atoms with Crippen LogP contribution in [0.4, 0.5) is 0 Å². The van der Waals surface area contributed by atoms with Gasteiger partial charge in [0, 0.05) is 19.6 Å². The maximum absolute atomic E-state index is 11.1. The molecular formula is C15H31NO6. The Morgan fingerprint density at radius 1 is 0.682 bits per heavy atom. The van der Waals surface area contributed by atoms with Crippen molar-refractivity contribution in [3.63, 3.8) is 0 Å². The molecule has 0 aromatic carbocycles. The first-order chi connectivity index (χ1) is 10.8. The molecular weight excluding hydrogens is 290 g/mol. The molecule has 0 unspecified atom stereocenters. The molecule has 0 aliphatic heterocycles. The van der Waals surface area contributed by atoms with Crippen LogP contribution < -0.4 is 5.32 Å². The van der Waals surface area contributed by atoms with Crippen molar-refractivity contribution in [3.8, 4) is 0 Å². The average molecular weight is 321 g/mol. The van der Waals surface area contributed by atoms with Crippen LogP contribution >= 0.6 is 0 Å². The van der Waals surface area contributed by atoms with Crippen molar-refractivity contribution in [2.45, 2.75) is 20.3 Å². The quantitative estimate of drug-likeness (QED) is 0.396. The molecule has 0 bridgehead atoms. The van der Waals surface area contributed by atoms with E-state index in [1.165, 1.54) is 0 Å². The summed E-state index contributed by atoms with van der Waals surface area (Å²) in [5.41, 5.74) is 0. The lowest BCUT2D eigenvalue weighted by molar-refractivity contribution is -0.122. The lowest BCUT2D eigenvalue weighted by atomic mass is 10.4. The van der Waals surface area contributed by atoms with Gasteiger partial charge in [0.2, 0.25) is 5.91 Å². The van der Waals surface area contributed by atoms with Crippen molar-refractivity contribution in [1.29, 1.82) is 0 Å². The summed E-state index contributed by atoms with van der Waals surface area (Å²) < 4.78 is 26.4. The first-order valence-corrected chi connectivity index (χ1v) is 7.96. The summed E-state index contributed by atoms with van der Waals surface area (Å²) in [6, 6.07) is 0. The Balaban J connectivity index is 3.01. The highest BCUT2D eigenvalue weighted by molar-refractivity contribution is 5.75. The van der Waals surface area contributed by atoms with E-state index in [0.29, 0.717) is 79.0 Å². The monoisotopic (exact) mass is 321 g/mol. The first-order valence-electron chi connectivity index (χ1n) is 7.96. The lowest BCUT2D eigenvalue weighted by Gasteiger charge is -2.07. The SMILES string of the molecule is CCNC(=O)CCOCCOCCOCCOCCOCC. The number of carbonyl (C=O) groups is 1. The third-order valence-electron chi connectivity index (χ3n) is 2.54. The van der Waals surface area contributed by atoms with Gasteiger partial charge in [-0.1, -0.05) is 0 Å². The van der Waals surface area contributed by atoms with Crippen LogP contribution in [0.2, 0.25) is 0 Å². The molecule has 7 heteroatoms. The molecule has 0 spiro atoms. The minimum atomic E-state index is 0.0142. The summed E-state index contributed by atoms with van der Waals surface area (Å²) in [4.78, 5) is 11.1. The highest BCUT2D eigenvalue weighted by atomic mass is 16.6. The van der Waals surface area contributed by atoms with Crippen LogP contribution in [0.5, 0.6) is 0 Å². The summed E-state index contributed by atoms with van der Waals surface area (Å²) in [6.45, 7) is 10.0. The Kier molecular flexibility index (Phi) is 17.7. The van der Waals surface area contributed by atoms with E-state index in [1.54, 1.807) is 0 Å². The molecule has 0 atom stereocenters. The topological polar surface area (TPSA) is 75.3 Å². The van der Waals surface area contributed by atoms with Crippen LogP contribution in [-0.4, -0.2) is 78.5 Å². The standard InChI is InChI=1S/C15H31NO6/c1-3-16-15(17)5-6-19-9-10-21-13-14-22-12-11-20-8-7-18-4-2/h3-14H2,1-2H3,(H,16,17). The largest absolute Gasteiger partial charge is 0.379 e. The van der Waals surface area contributed by atoms with Crippen molar-refractivity contribution >= 4 is 5.91 Å². The summed E-state index contributed by atoms with van der Waals surface area (Å²) in [5.74, 6) is 0.0142. The van der Waals surface area contributed by atoms with Gasteiger partial charge >= 0.3 is 0 Å². The van der Waals surface area contributed by atoms with Crippen LogP contribution in [-0.2, 0) is 28.5 Å². The lowest BCUT2D eigenvalue weighted by Crippen LogP contribution is -2.24. The molecule has 0 aliphatic carbocycles. The van der Waals surface area contributed by atoms with Crippen molar-refractivity contribution in [2.75, 3.05) is 72.6 Å². The molecule has 1 N–H and O–H groups in total. The Bertz CT molecular complexity index is 240. The fraction of sp³-hybridized carbons (Fsp3) is 0.933. The van der Waals surface area contributed by atoms with Crippen molar-refractivity contribution in [1.82, 2.24) is 5.32 Å². The van der Waals surface area contributed by atoms with Crippen LogP contribution in [0, 0.1) is 0 Å². The zero-order chi connectivity index (χ0) is 16.3. The second-order valence-corrected chi connectivity index (χ2v) is 4.35. The molecule has 1 amide bonds. The Hall–Kier alpha value is -0.730. The number of carbonyl (C=O) groups excluding carboxylic acids is 1. The predicted molar refractivity (Wildman–Crippen MR) is 83.1 cm³/mol. The Morgan fingerprint density at radius 2 is 1.09 bits per heavy atom. The molecule has 0 aliphatic rings. The molecule has 0 aromatic rings. The smallest absolute Gasteiger partial charge is 0.222 e. The van der Waals surface area contributed by atoms with E-state index in [2.05, 4.69) is 5.32 Å². The number of nitrogens with one attached hydrogen (secondary N) is 1. The van der Waals surface area contributed by atoms with Crippen LogP contribution in [0.1, 0.15) is 20.3 Å². The van der Waals surface area contributed by atoms with Gasteiger partial charge in [-0.15, -0.1) is 0 Å². The number of hydrogen-bond donors (Lipinski definition) is 1. The molecule has 22 heavy (non-hydrogen) atoms. The fourth-order valence-corrected chi connectivity index (χ4v) is 1.47. The van der Waals surface area contributed by atoms with Crippen molar-refractivity contribution in [2.24, 2.45) is 0 Å². The fourth-order valence-electron chi connectivity index (χ4n) is 1.47. The molecule has 0 saturated heterocycles. The third kappa shape index (κ3) is 17.3. The van der Waals surface area contributed by atoms with Crippen molar-refractivity contribution in [3.05, 3.63) is 0 Å². The predicted octanol–water partition coefficient (Wildman–Crippen LogP) is 0.616. The van der Waals surface area contributed by atoms with E-state index < -0.39 is 0 Å². The average Bonchev–Trinajstić information content (AvgIpc) is 2.51. The van der Waals surface area contributed by atoms with Gasteiger partial charge in [-0.25, -0.2) is 0 Å². The molecule has 0 saturated carbocycles. The van der Waals surface area contributed by atoms with Gasteiger partial charge in [-0.3, -0.25) is 4.79 Å². The van der Waals surface area contributed by atoms with E-state index >= 15 is 0 Å². The van der Waals surface area contributed by atoms with E-state index in [0.717, 1.165) is 0 Å². The number of amides is 1. The number of rotatable bonds is 17. The number of ether oxygens (including phenoxy) is 5. The molecule has 0 fully saturated rings. The minimum Gasteiger partial charge on any atom is -0.379 e. The van der Waals surface area contributed by atoms with Gasteiger partial charge in [0.25, 0.3) is 0 Å². The van der Waals surface area contributed by atoms with Gasteiger partial charge in [0.1, 0.15) is 0 Å². The second-order valence-electron chi connectivity index (χ2n) is 4.35.